The maximum atomic E-state index is 13.1. The van der Waals surface area contributed by atoms with E-state index >= 15 is 0 Å². The van der Waals surface area contributed by atoms with Gasteiger partial charge in [0.25, 0.3) is 0 Å². The molecule has 0 radical (unpaired) electrons. The molecule has 2 atom stereocenters. The Morgan fingerprint density at radius 2 is 1.50 bits per heavy atom. The van der Waals surface area contributed by atoms with Gasteiger partial charge in [0.05, 0.1) is 17.0 Å². The van der Waals surface area contributed by atoms with E-state index in [9.17, 15) is 19.6 Å². The van der Waals surface area contributed by atoms with Gasteiger partial charge in [-0.25, -0.2) is 0 Å². The van der Waals surface area contributed by atoms with Gasteiger partial charge in [-0.3, -0.25) is 14.4 Å². The minimum Gasteiger partial charge on any atom is -0.326 e. The fourth-order valence-corrected chi connectivity index (χ4v) is 6.21. The molecule has 40 heavy (non-hydrogen) atoms. The molecule has 0 spiro atoms. The molecule has 6 nitrogen and oxygen atoms in total. The highest BCUT2D eigenvalue weighted by molar-refractivity contribution is 6.53. The van der Waals surface area contributed by atoms with E-state index in [4.69, 9.17) is 58.0 Å². The zero-order valence-electron chi connectivity index (χ0n) is 20.6. The van der Waals surface area contributed by atoms with E-state index in [0.29, 0.717) is 45.4 Å². The Labute approximate surface area is 255 Å². The number of rotatable bonds is 8. The lowest BCUT2D eigenvalue weighted by Gasteiger charge is -2.10. The van der Waals surface area contributed by atoms with Crippen molar-refractivity contribution in [2.45, 2.75) is 29.5 Å². The Bertz CT molecular complexity index is 1560. The van der Waals surface area contributed by atoms with Gasteiger partial charge in [0.2, 0.25) is 11.8 Å². The summed E-state index contributed by atoms with van der Waals surface area (Å²) in [4.78, 5) is 38.4. The summed E-state index contributed by atoms with van der Waals surface area (Å²) in [6, 6.07) is 18.4. The van der Waals surface area contributed by atoms with Crippen molar-refractivity contribution in [1.82, 2.24) is 0 Å². The third-order valence-corrected chi connectivity index (χ3v) is 8.80. The van der Waals surface area contributed by atoms with Gasteiger partial charge in [-0.05, 0) is 72.5 Å². The van der Waals surface area contributed by atoms with Crippen molar-refractivity contribution in [2.24, 2.45) is 11.3 Å². The van der Waals surface area contributed by atoms with Gasteiger partial charge in [0.15, 0.2) is 5.78 Å². The number of amides is 2. The highest BCUT2D eigenvalue weighted by Crippen LogP contribution is 2.65. The molecule has 0 heterocycles. The quantitative estimate of drug-likeness (QED) is 0.195. The molecule has 0 bridgehead atoms. The summed E-state index contributed by atoms with van der Waals surface area (Å²) in [6.07, 6.45) is 1.15. The predicted octanol–water partition coefficient (Wildman–Crippen LogP) is 7.84. The minimum absolute atomic E-state index is 0.0418. The first-order valence-electron chi connectivity index (χ1n) is 12.2. The maximum absolute atomic E-state index is 13.1. The van der Waals surface area contributed by atoms with Crippen molar-refractivity contribution in [2.75, 3.05) is 10.6 Å². The van der Waals surface area contributed by atoms with Crippen LogP contribution in [0.25, 0.3) is 0 Å². The number of nitriles is 1. The van der Waals surface area contributed by atoms with Gasteiger partial charge < -0.3 is 10.6 Å². The normalized spacial score (nSPS) is 19.7. The van der Waals surface area contributed by atoms with Gasteiger partial charge in [-0.1, -0.05) is 46.9 Å². The Kier molecular flexibility index (Phi) is 7.82. The third-order valence-electron chi connectivity index (χ3n) is 7.09. The number of nitrogens with zero attached hydrogens (tertiary/aromatic N) is 1. The molecule has 2 aliphatic rings. The second-order valence-corrected chi connectivity index (χ2v) is 12.7. The number of benzene rings is 3. The molecule has 204 valence electrons. The van der Waals surface area contributed by atoms with E-state index in [1.807, 2.05) is 0 Å². The van der Waals surface area contributed by atoms with E-state index in [-0.39, 0.29) is 28.7 Å². The smallest absolute Gasteiger partial charge is 0.244 e. The average Bonchev–Trinajstić information content (AvgIpc) is 3.80. The van der Waals surface area contributed by atoms with Crippen LogP contribution in [0.5, 0.6) is 0 Å². The summed E-state index contributed by atoms with van der Waals surface area (Å²) in [5, 5.41) is 15.7. The molecule has 2 fully saturated rings. The SMILES string of the molecule is N#CC1(C(=O)Nc2ccc(CC(=O)c3cc(NC(=O)C4C(c5cc(Cl)cc(Cl)c5)C4(Cl)Cl)ccc3Cl)cc2)CC1. The van der Waals surface area contributed by atoms with Crippen molar-refractivity contribution in [3.8, 4) is 6.07 Å². The zero-order valence-corrected chi connectivity index (χ0v) is 24.4. The lowest BCUT2D eigenvalue weighted by molar-refractivity contribution is -0.119. The number of nitrogens with one attached hydrogen (secondary N) is 2. The van der Waals surface area contributed by atoms with E-state index in [2.05, 4.69) is 16.7 Å². The summed E-state index contributed by atoms with van der Waals surface area (Å²) in [6.45, 7) is 0. The molecule has 3 aromatic rings. The molecule has 0 saturated heterocycles. The first-order valence-corrected chi connectivity index (χ1v) is 14.1. The number of carbonyl (C=O) groups is 3. The molecule has 2 aliphatic carbocycles. The molecular formula is C29H20Cl5N3O3. The lowest BCUT2D eigenvalue weighted by atomic mass is 10.0. The van der Waals surface area contributed by atoms with Crippen LogP contribution in [-0.4, -0.2) is 21.9 Å². The lowest BCUT2D eigenvalue weighted by Crippen LogP contribution is -2.22. The molecule has 5 rings (SSSR count). The first kappa shape index (κ1) is 28.7. The first-order chi connectivity index (χ1) is 18.9. The second-order valence-electron chi connectivity index (χ2n) is 9.96. The summed E-state index contributed by atoms with van der Waals surface area (Å²) >= 11 is 31.4. The van der Waals surface area contributed by atoms with Crippen LogP contribution in [0.3, 0.4) is 0 Å². The standard InChI is InChI=1S/C29H20Cl5N3O3/c30-17-10-16(11-18(31)12-17)24-25(29(24,33)34)26(39)36-20-5-6-22(32)21(13-20)23(38)9-15-1-3-19(4-2-15)37-27(40)28(14-35)7-8-28/h1-6,10-13,24-25H,7-9H2,(H,36,39)(H,37,40). The van der Waals surface area contributed by atoms with Crippen LogP contribution in [0.15, 0.2) is 60.7 Å². The van der Waals surface area contributed by atoms with Crippen molar-refractivity contribution in [3.05, 3.63) is 92.4 Å². The zero-order chi connectivity index (χ0) is 28.8. The molecule has 0 aliphatic heterocycles. The van der Waals surface area contributed by atoms with Crippen molar-refractivity contribution >= 4 is 87.0 Å². The van der Waals surface area contributed by atoms with Crippen molar-refractivity contribution in [1.29, 1.82) is 5.26 Å². The Morgan fingerprint density at radius 1 is 0.875 bits per heavy atom. The van der Waals surface area contributed by atoms with Crippen LogP contribution in [-0.2, 0) is 16.0 Å². The number of alkyl halides is 2. The monoisotopic (exact) mass is 633 g/mol. The Hall–Kier alpha value is -2.79. The highest BCUT2D eigenvalue weighted by Gasteiger charge is 2.67. The van der Waals surface area contributed by atoms with Crippen LogP contribution in [0, 0.1) is 22.7 Å². The van der Waals surface area contributed by atoms with E-state index in [0.717, 1.165) is 0 Å². The maximum Gasteiger partial charge on any atom is 0.244 e. The van der Waals surface area contributed by atoms with Crippen LogP contribution < -0.4 is 10.6 Å². The van der Waals surface area contributed by atoms with Crippen molar-refractivity contribution in [3.63, 3.8) is 0 Å². The Morgan fingerprint density at radius 3 is 2.10 bits per heavy atom. The molecular weight excluding hydrogens is 616 g/mol. The van der Waals surface area contributed by atoms with E-state index in [1.165, 1.54) is 12.1 Å². The summed E-state index contributed by atoms with van der Waals surface area (Å²) < 4.78 is -1.34. The summed E-state index contributed by atoms with van der Waals surface area (Å²) in [7, 11) is 0. The number of hydrogen-bond acceptors (Lipinski definition) is 4. The number of hydrogen-bond donors (Lipinski definition) is 2. The van der Waals surface area contributed by atoms with Gasteiger partial charge in [0, 0.05) is 39.3 Å². The molecule has 11 heteroatoms. The molecule has 3 aromatic carbocycles. The predicted molar refractivity (Wildman–Crippen MR) is 158 cm³/mol. The summed E-state index contributed by atoms with van der Waals surface area (Å²) in [5.74, 6) is -2.28. The Balaban J connectivity index is 1.24. The van der Waals surface area contributed by atoms with Gasteiger partial charge in [0.1, 0.15) is 9.75 Å². The topological polar surface area (TPSA) is 99.1 Å². The number of Topliss-reactive ketones (excluding diaryl/α,β-unsaturated/α-hetero) is 1. The van der Waals surface area contributed by atoms with E-state index < -0.39 is 27.5 Å². The number of carbonyl (C=O) groups excluding carboxylic acids is 3. The number of ketones is 1. The fraction of sp³-hybridized carbons (Fsp3) is 0.241. The number of anilines is 2. The van der Waals surface area contributed by atoms with Crippen LogP contribution in [0.1, 0.15) is 40.2 Å². The van der Waals surface area contributed by atoms with Crippen LogP contribution in [0.2, 0.25) is 15.1 Å². The molecule has 2 N–H and O–H groups in total. The van der Waals surface area contributed by atoms with Crippen LogP contribution >= 0.6 is 58.0 Å². The minimum atomic E-state index is -1.34. The van der Waals surface area contributed by atoms with E-state index in [1.54, 1.807) is 48.5 Å². The molecule has 0 aromatic heterocycles. The summed E-state index contributed by atoms with van der Waals surface area (Å²) in [5.41, 5.74) is 1.56. The fourth-order valence-electron chi connectivity index (χ4n) is 4.61. The van der Waals surface area contributed by atoms with Crippen molar-refractivity contribution < 1.29 is 14.4 Å². The van der Waals surface area contributed by atoms with Crippen LogP contribution in [0.4, 0.5) is 11.4 Å². The van der Waals surface area contributed by atoms with Gasteiger partial charge >= 0.3 is 0 Å². The average molecular weight is 636 g/mol. The number of halogens is 5. The highest BCUT2D eigenvalue weighted by atomic mass is 35.5. The molecule has 2 saturated carbocycles. The largest absolute Gasteiger partial charge is 0.326 e. The molecule has 2 amide bonds. The second kappa shape index (κ2) is 10.9. The molecule has 2 unspecified atom stereocenters. The third kappa shape index (κ3) is 5.81. The van der Waals surface area contributed by atoms with Gasteiger partial charge in [-0.15, -0.1) is 23.2 Å². The van der Waals surface area contributed by atoms with Gasteiger partial charge in [-0.2, -0.15) is 5.26 Å².